The minimum Gasteiger partial charge on any atom is -0.444 e. The number of carbonyl (C=O) groups excluding carboxylic acids is 1. The average molecular weight is 555 g/mol. The number of rotatable bonds is 10. The van der Waals surface area contributed by atoms with Crippen LogP contribution in [0.4, 0.5) is 4.79 Å². The summed E-state index contributed by atoms with van der Waals surface area (Å²) in [4.78, 5) is 24.8. The van der Waals surface area contributed by atoms with Crippen LogP contribution in [0.15, 0.2) is 60.7 Å². The van der Waals surface area contributed by atoms with Crippen molar-refractivity contribution in [2.45, 2.75) is 83.1 Å². The molecule has 2 aliphatic carbocycles. The Morgan fingerprint density at radius 1 is 0.878 bits per heavy atom. The summed E-state index contributed by atoms with van der Waals surface area (Å²) in [6, 6.07) is 20.6. The van der Waals surface area contributed by atoms with Gasteiger partial charge in [0.2, 0.25) is 0 Å². The van der Waals surface area contributed by atoms with Crippen LogP contribution < -0.4 is 5.73 Å². The minimum absolute atomic E-state index is 0.325. The molecular formula is C31H38N8O2. The Kier molecular flexibility index (Phi) is 7.33. The lowest BCUT2D eigenvalue weighted by molar-refractivity contribution is 0.0164. The maximum atomic E-state index is 13.5. The molecule has 0 spiro atoms. The van der Waals surface area contributed by atoms with E-state index in [1.165, 1.54) is 0 Å². The Bertz CT molecular complexity index is 1480. The summed E-state index contributed by atoms with van der Waals surface area (Å²) in [5.41, 5.74) is 8.06. The van der Waals surface area contributed by atoms with Gasteiger partial charge in [-0.3, -0.25) is 4.90 Å². The normalized spacial score (nSPS) is 16.0. The Labute approximate surface area is 240 Å². The summed E-state index contributed by atoms with van der Waals surface area (Å²) in [7, 11) is 0. The van der Waals surface area contributed by atoms with E-state index in [-0.39, 0.29) is 0 Å². The molecule has 10 nitrogen and oxygen atoms in total. The second kappa shape index (κ2) is 11.1. The van der Waals surface area contributed by atoms with Crippen LogP contribution >= 0.6 is 0 Å². The highest BCUT2D eigenvalue weighted by Crippen LogP contribution is 2.37. The van der Waals surface area contributed by atoms with Gasteiger partial charge in [-0.2, -0.15) is 10.2 Å². The number of nitrogens with zero attached hydrogens (tertiary/aromatic N) is 7. The zero-order chi connectivity index (χ0) is 28.6. The number of aromatic nitrogens is 6. The van der Waals surface area contributed by atoms with Gasteiger partial charge in [0.1, 0.15) is 17.2 Å². The Morgan fingerprint density at radius 3 is 1.85 bits per heavy atom. The van der Waals surface area contributed by atoms with Crippen LogP contribution in [0.5, 0.6) is 0 Å². The number of hydrogen-bond donors (Lipinski definition) is 1. The number of amides is 1. The molecule has 41 heavy (non-hydrogen) atoms. The van der Waals surface area contributed by atoms with Crippen LogP contribution in [-0.4, -0.2) is 58.8 Å². The van der Waals surface area contributed by atoms with Crippen molar-refractivity contribution in [3.05, 3.63) is 72.3 Å². The molecule has 2 heterocycles. The molecule has 2 aromatic carbocycles. The van der Waals surface area contributed by atoms with E-state index in [4.69, 9.17) is 30.6 Å². The molecule has 214 valence electrons. The number of ether oxygens (including phenoxy) is 1. The molecule has 6 rings (SSSR count). The molecule has 2 fully saturated rings. The SMILES string of the molecule is CC(C)(C)OC(=O)N(CCc1nc(-c2ccccc2)nn1C1CC1)C(N)Cc1nc(-c2ccccc2)nn1C1CC1. The molecule has 2 N–H and O–H groups in total. The van der Waals surface area contributed by atoms with E-state index in [2.05, 4.69) is 0 Å². The second-order valence-electron chi connectivity index (χ2n) is 12.0. The highest BCUT2D eigenvalue weighted by molar-refractivity contribution is 5.68. The molecule has 1 atom stereocenters. The van der Waals surface area contributed by atoms with E-state index in [1.807, 2.05) is 90.8 Å². The summed E-state index contributed by atoms with van der Waals surface area (Å²) in [6.45, 7) is 5.93. The average Bonchev–Trinajstić information content (AvgIpc) is 3.89. The van der Waals surface area contributed by atoms with Crippen LogP contribution in [0.25, 0.3) is 22.8 Å². The molecule has 2 saturated carbocycles. The zero-order valence-corrected chi connectivity index (χ0v) is 24.0. The Morgan fingerprint density at radius 2 is 1.37 bits per heavy atom. The van der Waals surface area contributed by atoms with Gasteiger partial charge in [0.05, 0.1) is 18.2 Å². The van der Waals surface area contributed by atoms with Crippen molar-refractivity contribution in [3.63, 3.8) is 0 Å². The third-order valence-corrected chi connectivity index (χ3v) is 7.25. The molecule has 0 aliphatic heterocycles. The standard InChI is InChI=1S/C31H38N8O2/c1-31(2,3)41-30(40)37(19-18-26-33-28(21-10-6-4-7-11-21)35-38(26)23-14-15-23)25(32)20-27-34-29(22-12-8-5-9-13-22)36-39(27)24-16-17-24/h4-13,23-25H,14-20,32H2,1-3H3. The van der Waals surface area contributed by atoms with Crippen molar-refractivity contribution in [2.75, 3.05) is 6.54 Å². The molecule has 0 radical (unpaired) electrons. The Hall–Kier alpha value is -4.05. The predicted molar refractivity (Wildman–Crippen MR) is 156 cm³/mol. The number of nitrogens with two attached hydrogens (primary N) is 1. The van der Waals surface area contributed by atoms with E-state index in [1.54, 1.807) is 4.90 Å². The van der Waals surface area contributed by atoms with Gasteiger partial charge in [0.25, 0.3) is 0 Å². The van der Waals surface area contributed by atoms with Crippen molar-refractivity contribution >= 4 is 6.09 Å². The maximum absolute atomic E-state index is 13.5. The van der Waals surface area contributed by atoms with Crippen molar-refractivity contribution < 1.29 is 9.53 Å². The first-order valence-electron chi connectivity index (χ1n) is 14.5. The lowest BCUT2D eigenvalue weighted by Gasteiger charge is -2.31. The van der Waals surface area contributed by atoms with Crippen molar-refractivity contribution in [3.8, 4) is 22.8 Å². The summed E-state index contributed by atoms with van der Waals surface area (Å²) in [5.74, 6) is 3.00. The fraction of sp³-hybridized carbons (Fsp3) is 0.452. The van der Waals surface area contributed by atoms with Gasteiger partial charge in [-0.05, 0) is 46.5 Å². The lowest BCUT2D eigenvalue weighted by atomic mass is 10.2. The molecule has 1 amide bonds. The van der Waals surface area contributed by atoms with Crippen LogP contribution in [0.1, 0.15) is 70.2 Å². The summed E-state index contributed by atoms with van der Waals surface area (Å²) in [6.07, 6.45) is 4.06. The number of benzene rings is 2. The van der Waals surface area contributed by atoms with E-state index < -0.39 is 17.9 Å². The van der Waals surface area contributed by atoms with E-state index in [0.29, 0.717) is 43.1 Å². The minimum atomic E-state index is -0.655. The van der Waals surface area contributed by atoms with Crippen molar-refractivity contribution in [1.82, 2.24) is 34.4 Å². The van der Waals surface area contributed by atoms with Gasteiger partial charge in [-0.25, -0.2) is 24.1 Å². The van der Waals surface area contributed by atoms with Crippen molar-refractivity contribution in [1.29, 1.82) is 0 Å². The first-order chi connectivity index (χ1) is 19.7. The molecule has 0 bridgehead atoms. The van der Waals surface area contributed by atoms with Crippen LogP contribution in [0, 0.1) is 0 Å². The molecule has 0 saturated heterocycles. The summed E-state index contributed by atoms with van der Waals surface area (Å²) < 4.78 is 9.81. The summed E-state index contributed by atoms with van der Waals surface area (Å²) >= 11 is 0. The molecule has 2 aliphatic rings. The van der Waals surface area contributed by atoms with Crippen molar-refractivity contribution in [2.24, 2.45) is 5.73 Å². The van der Waals surface area contributed by atoms with Gasteiger partial charge in [0, 0.05) is 30.5 Å². The number of carbonyl (C=O) groups is 1. The van der Waals surface area contributed by atoms with E-state index in [0.717, 1.165) is 48.5 Å². The monoisotopic (exact) mass is 554 g/mol. The fourth-order valence-corrected chi connectivity index (χ4v) is 4.89. The van der Waals surface area contributed by atoms with Gasteiger partial charge in [-0.15, -0.1) is 0 Å². The molecular weight excluding hydrogens is 516 g/mol. The molecule has 2 aromatic heterocycles. The van der Waals surface area contributed by atoms with E-state index >= 15 is 0 Å². The highest BCUT2D eigenvalue weighted by atomic mass is 16.6. The van der Waals surface area contributed by atoms with E-state index in [9.17, 15) is 4.79 Å². The second-order valence-corrected chi connectivity index (χ2v) is 12.0. The third-order valence-electron chi connectivity index (χ3n) is 7.25. The molecule has 10 heteroatoms. The third kappa shape index (κ3) is 6.48. The van der Waals surface area contributed by atoms with Crippen LogP contribution in [0.3, 0.4) is 0 Å². The van der Waals surface area contributed by atoms with Gasteiger partial charge < -0.3 is 10.5 Å². The van der Waals surface area contributed by atoms with Gasteiger partial charge >= 0.3 is 6.09 Å². The molecule has 4 aromatic rings. The highest BCUT2D eigenvalue weighted by Gasteiger charge is 2.33. The predicted octanol–water partition coefficient (Wildman–Crippen LogP) is 5.18. The van der Waals surface area contributed by atoms with Gasteiger partial charge in [0.15, 0.2) is 11.6 Å². The smallest absolute Gasteiger partial charge is 0.411 e. The first-order valence-corrected chi connectivity index (χ1v) is 14.5. The lowest BCUT2D eigenvalue weighted by Crippen LogP contribution is -2.50. The topological polar surface area (TPSA) is 117 Å². The van der Waals surface area contributed by atoms with Crippen LogP contribution in [-0.2, 0) is 17.6 Å². The Balaban J connectivity index is 1.24. The largest absolute Gasteiger partial charge is 0.444 e. The number of hydrogen-bond acceptors (Lipinski definition) is 7. The summed E-state index contributed by atoms with van der Waals surface area (Å²) in [5, 5.41) is 9.64. The zero-order valence-electron chi connectivity index (χ0n) is 24.0. The quantitative estimate of drug-likeness (QED) is 0.268. The molecule has 1 unspecified atom stereocenters. The van der Waals surface area contributed by atoms with Crippen LogP contribution in [0.2, 0.25) is 0 Å². The first kappa shape index (κ1) is 27.1. The fourth-order valence-electron chi connectivity index (χ4n) is 4.89. The maximum Gasteiger partial charge on any atom is 0.411 e. The van der Waals surface area contributed by atoms with Gasteiger partial charge in [-0.1, -0.05) is 60.7 Å².